The zero-order valence-electron chi connectivity index (χ0n) is 16.8. The van der Waals surface area contributed by atoms with E-state index in [0.29, 0.717) is 11.4 Å². The highest BCUT2D eigenvalue weighted by Gasteiger charge is 2.44. The summed E-state index contributed by atoms with van der Waals surface area (Å²) in [5.74, 6) is 0. The first-order valence-corrected chi connectivity index (χ1v) is 9.92. The van der Waals surface area contributed by atoms with E-state index in [0.717, 1.165) is 5.56 Å². The molecular formula is C19H30N2O10. The van der Waals surface area contributed by atoms with E-state index in [4.69, 9.17) is 9.47 Å². The van der Waals surface area contributed by atoms with Gasteiger partial charge in [-0.05, 0) is 24.6 Å². The lowest BCUT2D eigenvalue weighted by atomic mass is 9.98. The second-order valence-corrected chi connectivity index (χ2v) is 7.82. The Morgan fingerprint density at radius 1 is 0.710 bits per heavy atom. The van der Waals surface area contributed by atoms with Crippen molar-refractivity contribution < 1.29 is 50.3 Å². The van der Waals surface area contributed by atoms with Crippen LogP contribution >= 0.6 is 0 Å². The van der Waals surface area contributed by atoms with Gasteiger partial charge in [0.1, 0.15) is 48.8 Å². The van der Waals surface area contributed by atoms with Crippen LogP contribution in [0.1, 0.15) is 5.56 Å². The smallest absolute Gasteiger partial charge is 0.157 e. The molecule has 0 saturated carbocycles. The van der Waals surface area contributed by atoms with E-state index in [1.807, 2.05) is 0 Å². The zero-order chi connectivity index (χ0) is 22.9. The van der Waals surface area contributed by atoms with Crippen LogP contribution in [0, 0.1) is 6.92 Å². The van der Waals surface area contributed by atoms with Crippen molar-refractivity contribution in [3.8, 4) is 0 Å². The van der Waals surface area contributed by atoms with Crippen LogP contribution in [0.4, 0.5) is 11.4 Å². The van der Waals surface area contributed by atoms with Crippen molar-refractivity contribution in [1.29, 1.82) is 0 Å². The van der Waals surface area contributed by atoms with Crippen molar-refractivity contribution in [3.05, 3.63) is 23.8 Å². The second kappa shape index (κ2) is 9.92. The average Bonchev–Trinajstić information content (AvgIpc) is 2.76. The first kappa shape index (κ1) is 24.1. The molecule has 10 N–H and O–H groups in total. The number of ether oxygens (including phenoxy) is 2. The van der Waals surface area contributed by atoms with Crippen LogP contribution in [0.3, 0.4) is 0 Å². The normalized spacial score (nSPS) is 41.1. The first-order chi connectivity index (χ1) is 14.7. The first-order valence-electron chi connectivity index (χ1n) is 9.92. The molecule has 0 bridgehead atoms. The van der Waals surface area contributed by atoms with Gasteiger partial charge in [-0.1, -0.05) is 6.07 Å². The molecule has 0 amide bonds. The molecule has 12 nitrogen and oxygen atoms in total. The molecule has 2 aliphatic heterocycles. The van der Waals surface area contributed by atoms with Crippen LogP contribution in [-0.2, 0) is 9.47 Å². The molecule has 0 spiro atoms. The SMILES string of the molecule is Cc1ccc(N[C@@H]2O[C@H](CO)[C@H](O)[C@H](O)[C@@H]2O)cc1N[C@@H]1O[C@H](CO)[C@H](O)[C@H](O)[C@@H]1O. The summed E-state index contributed by atoms with van der Waals surface area (Å²) in [4.78, 5) is 0. The van der Waals surface area contributed by atoms with Crippen molar-refractivity contribution in [2.45, 2.75) is 68.2 Å². The lowest BCUT2D eigenvalue weighted by molar-refractivity contribution is -0.221. The van der Waals surface area contributed by atoms with Crippen LogP contribution in [0.25, 0.3) is 0 Å². The topological polar surface area (TPSA) is 204 Å². The third kappa shape index (κ3) is 4.93. The molecule has 2 fully saturated rings. The number of hydrogen-bond acceptors (Lipinski definition) is 12. The Bertz CT molecular complexity index is 736. The number of aliphatic hydroxyl groups excluding tert-OH is 8. The van der Waals surface area contributed by atoms with Crippen LogP contribution < -0.4 is 10.6 Å². The van der Waals surface area contributed by atoms with Crippen molar-refractivity contribution in [2.75, 3.05) is 23.8 Å². The fraction of sp³-hybridized carbons (Fsp3) is 0.684. The molecule has 12 heteroatoms. The van der Waals surface area contributed by atoms with E-state index < -0.39 is 74.5 Å². The maximum atomic E-state index is 10.2. The summed E-state index contributed by atoms with van der Waals surface area (Å²) in [5.41, 5.74) is 1.64. The van der Waals surface area contributed by atoms with Crippen molar-refractivity contribution in [2.24, 2.45) is 0 Å². The number of hydrogen-bond donors (Lipinski definition) is 10. The van der Waals surface area contributed by atoms with Crippen LogP contribution in [0.2, 0.25) is 0 Å². The molecule has 1 aromatic rings. The Labute approximate surface area is 178 Å². The summed E-state index contributed by atoms with van der Waals surface area (Å²) in [7, 11) is 0. The van der Waals surface area contributed by atoms with E-state index in [-0.39, 0.29) is 0 Å². The lowest BCUT2D eigenvalue weighted by Crippen LogP contribution is -2.60. The van der Waals surface area contributed by atoms with Gasteiger partial charge in [-0.25, -0.2) is 0 Å². The molecular weight excluding hydrogens is 416 g/mol. The minimum absolute atomic E-state index is 0.432. The lowest BCUT2D eigenvalue weighted by Gasteiger charge is -2.41. The van der Waals surface area contributed by atoms with Gasteiger partial charge in [0.25, 0.3) is 0 Å². The maximum absolute atomic E-state index is 10.2. The van der Waals surface area contributed by atoms with E-state index in [9.17, 15) is 40.9 Å². The molecule has 0 radical (unpaired) electrons. The summed E-state index contributed by atoms with van der Waals surface area (Å²) < 4.78 is 10.9. The minimum Gasteiger partial charge on any atom is -0.394 e. The van der Waals surface area contributed by atoms with Gasteiger partial charge in [0, 0.05) is 11.4 Å². The Kier molecular flexibility index (Phi) is 7.70. The van der Waals surface area contributed by atoms with Crippen molar-refractivity contribution in [1.82, 2.24) is 0 Å². The molecule has 2 saturated heterocycles. The highest BCUT2D eigenvalue weighted by Crippen LogP contribution is 2.28. The highest BCUT2D eigenvalue weighted by molar-refractivity contribution is 5.61. The van der Waals surface area contributed by atoms with Gasteiger partial charge in [0.2, 0.25) is 0 Å². The van der Waals surface area contributed by atoms with Crippen molar-refractivity contribution >= 4 is 11.4 Å². The van der Waals surface area contributed by atoms with Crippen LogP contribution in [0.15, 0.2) is 18.2 Å². The molecule has 0 aromatic heterocycles. The average molecular weight is 446 g/mol. The number of aliphatic hydroxyl groups is 8. The second-order valence-electron chi connectivity index (χ2n) is 7.82. The summed E-state index contributed by atoms with van der Waals surface area (Å²) in [6, 6.07) is 4.96. The van der Waals surface area contributed by atoms with Gasteiger partial charge in [-0.15, -0.1) is 0 Å². The zero-order valence-corrected chi connectivity index (χ0v) is 16.8. The van der Waals surface area contributed by atoms with Crippen LogP contribution in [-0.4, -0.2) is 115 Å². The van der Waals surface area contributed by atoms with Gasteiger partial charge in [0.05, 0.1) is 13.2 Å². The third-order valence-corrected chi connectivity index (χ3v) is 5.63. The number of rotatable bonds is 6. The molecule has 0 aliphatic carbocycles. The molecule has 2 aliphatic rings. The molecule has 3 rings (SSSR count). The molecule has 2 heterocycles. The minimum atomic E-state index is -1.53. The highest BCUT2D eigenvalue weighted by atomic mass is 16.6. The number of nitrogens with one attached hydrogen (secondary N) is 2. The maximum Gasteiger partial charge on any atom is 0.157 e. The van der Waals surface area contributed by atoms with Gasteiger partial charge in [-0.2, -0.15) is 0 Å². The Hall–Kier alpha value is -1.58. The third-order valence-electron chi connectivity index (χ3n) is 5.63. The molecule has 31 heavy (non-hydrogen) atoms. The molecule has 1 aromatic carbocycles. The molecule has 176 valence electrons. The van der Waals surface area contributed by atoms with Gasteiger partial charge in [-0.3, -0.25) is 0 Å². The number of benzene rings is 1. The molecule has 10 atom stereocenters. The van der Waals surface area contributed by atoms with Gasteiger partial charge < -0.3 is 61.0 Å². The fourth-order valence-electron chi connectivity index (χ4n) is 3.63. The Morgan fingerprint density at radius 3 is 1.68 bits per heavy atom. The standard InChI is InChI=1S/C19H30N2O10/c1-7-2-3-8(20-18-16(28)14(26)12(24)10(5-22)30-18)4-9(7)21-19-17(29)15(27)13(25)11(6-23)31-19/h2-4,10-29H,5-6H2,1H3/t10-,11-,12+,13+,14+,15+,16+,17+,18-,19-/m1/s1. The summed E-state index contributed by atoms with van der Waals surface area (Å²) in [6.45, 7) is 0.658. The fourth-order valence-corrected chi connectivity index (χ4v) is 3.63. The molecule has 0 unspecified atom stereocenters. The monoisotopic (exact) mass is 446 g/mol. The number of aryl methyl sites for hydroxylation is 1. The van der Waals surface area contributed by atoms with E-state index >= 15 is 0 Å². The predicted molar refractivity (Wildman–Crippen MR) is 106 cm³/mol. The Balaban J connectivity index is 1.74. The van der Waals surface area contributed by atoms with Crippen LogP contribution in [0.5, 0.6) is 0 Å². The Morgan fingerprint density at radius 2 is 1.19 bits per heavy atom. The number of anilines is 2. The largest absolute Gasteiger partial charge is 0.394 e. The van der Waals surface area contributed by atoms with Crippen molar-refractivity contribution in [3.63, 3.8) is 0 Å². The van der Waals surface area contributed by atoms with Gasteiger partial charge in [0.15, 0.2) is 12.5 Å². The quantitative estimate of drug-likeness (QED) is 0.206. The predicted octanol–water partition coefficient (Wildman–Crippen LogP) is -3.58. The summed E-state index contributed by atoms with van der Waals surface area (Å²) in [5, 5.41) is 84.5. The van der Waals surface area contributed by atoms with E-state index in [1.165, 1.54) is 0 Å². The van der Waals surface area contributed by atoms with Gasteiger partial charge >= 0.3 is 0 Å². The summed E-state index contributed by atoms with van der Waals surface area (Å²) >= 11 is 0. The van der Waals surface area contributed by atoms with E-state index in [2.05, 4.69) is 10.6 Å². The summed E-state index contributed by atoms with van der Waals surface area (Å²) in [6.07, 6.45) is -13.3. The van der Waals surface area contributed by atoms with E-state index in [1.54, 1.807) is 25.1 Å².